The number of ketones is 1. The Hall–Kier alpha value is -0.790. The van der Waals surface area contributed by atoms with Crippen LogP contribution < -0.4 is 0 Å². The van der Waals surface area contributed by atoms with Crippen molar-refractivity contribution in [1.82, 2.24) is 0 Å². The van der Waals surface area contributed by atoms with Crippen molar-refractivity contribution in [2.75, 3.05) is 6.61 Å². The highest BCUT2D eigenvalue weighted by Gasteiger charge is 2.38. The van der Waals surface area contributed by atoms with Gasteiger partial charge in [-0.15, -0.1) is 0 Å². The average Bonchev–Trinajstić information content (AvgIpc) is 2.29. The predicted octanol–water partition coefficient (Wildman–Crippen LogP) is 3.47. The van der Waals surface area contributed by atoms with Gasteiger partial charge in [0.05, 0.1) is 12.9 Å². The van der Waals surface area contributed by atoms with Crippen molar-refractivity contribution in [3.63, 3.8) is 0 Å². The molecular formula is C14H22O2. The van der Waals surface area contributed by atoms with E-state index in [2.05, 4.69) is 13.8 Å². The van der Waals surface area contributed by atoms with Crippen molar-refractivity contribution < 1.29 is 9.53 Å². The van der Waals surface area contributed by atoms with Gasteiger partial charge in [0.2, 0.25) is 0 Å². The zero-order valence-electron chi connectivity index (χ0n) is 10.4. The number of Topliss-reactive ketones (excluding diaryl/α,β-unsaturated/α-hetero) is 1. The standard InChI is InChI=1S/C14H22O2/c1-14(2)8-4-3-7-12(14)13(15)11-6-5-9-16-10-11/h10,12H,3-9H2,1-2H3. The van der Waals surface area contributed by atoms with Crippen LogP contribution in [0.15, 0.2) is 11.8 Å². The van der Waals surface area contributed by atoms with Crippen LogP contribution in [-0.4, -0.2) is 12.4 Å². The molecule has 16 heavy (non-hydrogen) atoms. The van der Waals surface area contributed by atoms with Crippen molar-refractivity contribution in [1.29, 1.82) is 0 Å². The van der Waals surface area contributed by atoms with E-state index in [0.29, 0.717) is 5.78 Å². The van der Waals surface area contributed by atoms with Gasteiger partial charge in [0.1, 0.15) is 0 Å². The monoisotopic (exact) mass is 222 g/mol. The molecule has 0 saturated heterocycles. The molecule has 0 radical (unpaired) electrons. The van der Waals surface area contributed by atoms with Gasteiger partial charge in [0, 0.05) is 11.5 Å². The third-order valence-corrected chi connectivity index (χ3v) is 4.07. The molecule has 2 nitrogen and oxygen atoms in total. The second-order valence-electron chi connectivity index (χ2n) is 5.77. The van der Waals surface area contributed by atoms with E-state index in [1.165, 1.54) is 19.3 Å². The summed E-state index contributed by atoms with van der Waals surface area (Å²) in [5.74, 6) is 0.568. The van der Waals surface area contributed by atoms with Crippen molar-refractivity contribution in [2.45, 2.75) is 52.4 Å². The molecule has 0 aromatic heterocycles. The third kappa shape index (κ3) is 2.31. The van der Waals surface area contributed by atoms with Gasteiger partial charge < -0.3 is 4.74 Å². The maximum absolute atomic E-state index is 12.4. The molecule has 0 spiro atoms. The summed E-state index contributed by atoms with van der Waals surface area (Å²) in [6.07, 6.45) is 8.31. The number of carbonyl (C=O) groups is 1. The maximum atomic E-state index is 12.4. The van der Waals surface area contributed by atoms with Gasteiger partial charge in [0.25, 0.3) is 0 Å². The second-order valence-corrected chi connectivity index (χ2v) is 5.77. The van der Waals surface area contributed by atoms with Gasteiger partial charge in [-0.05, 0) is 31.1 Å². The predicted molar refractivity (Wildman–Crippen MR) is 64.0 cm³/mol. The lowest BCUT2D eigenvalue weighted by Crippen LogP contribution is -2.35. The van der Waals surface area contributed by atoms with E-state index in [4.69, 9.17) is 4.74 Å². The quantitative estimate of drug-likeness (QED) is 0.715. The van der Waals surface area contributed by atoms with Crippen LogP contribution in [0.4, 0.5) is 0 Å². The normalized spacial score (nSPS) is 29.1. The van der Waals surface area contributed by atoms with Crippen molar-refractivity contribution in [2.24, 2.45) is 11.3 Å². The molecule has 0 aromatic carbocycles. The summed E-state index contributed by atoms with van der Waals surface area (Å²) in [7, 11) is 0. The van der Waals surface area contributed by atoms with Crippen LogP contribution in [0.1, 0.15) is 52.4 Å². The Balaban J connectivity index is 2.10. The summed E-state index contributed by atoms with van der Waals surface area (Å²) < 4.78 is 5.28. The number of rotatable bonds is 2. The molecule has 1 unspecified atom stereocenters. The molecular weight excluding hydrogens is 200 g/mol. The molecule has 90 valence electrons. The molecule has 1 saturated carbocycles. The zero-order chi connectivity index (χ0) is 11.6. The molecule has 0 amide bonds. The Bertz CT molecular complexity index is 302. The minimum Gasteiger partial charge on any atom is -0.501 e. The van der Waals surface area contributed by atoms with Gasteiger partial charge in [-0.1, -0.05) is 26.7 Å². The number of hydrogen-bond donors (Lipinski definition) is 0. The summed E-state index contributed by atoms with van der Waals surface area (Å²) >= 11 is 0. The number of ether oxygens (including phenoxy) is 1. The van der Waals surface area contributed by atoms with Gasteiger partial charge in [-0.25, -0.2) is 0 Å². The smallest absolute Gasteiger partial charge is 0.165 e. The molecule has 2 heteroatoms. The van der Waals surface area contributed by atoms with E-state index >= 15 is 0 Å². The zero-order valence-corrected chi connectivity index (χ0v) is 10.4. The first-order chi connectivity index (χ1) is 7.61. The van der Waals surface area contributed by atoms with Crippen LogP contribution in [0.5, 0.6) is 0 Å². The lowest BCUT2D eigenvalue weighted by molar-refractivity contribution is -0.124. The molecule has 1 heterocycles. The molecule has 2 aliphatic rings. The van der Waals surface area contributed by atoms with Gasteiger partial charge >= 0.3 is 0 Å². The highest BCUT2D eigenvalue weighted by molar-refractivity contribution is 5.97. The highest BCUT2D eigenvalue weighted by Crippen LogP contribution is 2.42. The van der Waals surface area contributed by atoms with Crippen LogP contribution in [0.2, 0.25) is 0 Å². The summed E-state index contributed by atoms with van der Waals surface area (Å²) in [4.78, 5) is 12.4. The summed E-state index contributed by atoms with van der Waals surface area (Å²) in [6, 6.07) is 0. The maximum Gasteiger partial charge on any atom is 0.165 e. The average molecular weight is 222 g/mol. The van der Waals surface area contributed by atoms with Crippen molar-refractivity contribution in [3.8, 4) is 0 Å². The van der Waals surface area contributed by atoms with Crippen LogP contribution in [0.25, 0.3) is 0 Å². The van der Waals surface area contributed by atoms with E-state index in [1.54, 1.807) is 6.26 Å². The Morgan fingerprint density at radius 1 is 1.38 bits per heavy atom. The van der Waals surface area contributed by atoms with Crippen LogP contribution in [0, 0.1) is 11.3 Å². The molecule has 1 fully saturated rings. The number of carbonyl (C=O) groups excluding carboxylic acids is 1. The second kappa shape index (κ2) is 4.60. The van der Waals surface area contributed by atoms with Crippen LogP contribution in [0.3, 0.4) is 0 Å². The number of hydrogen-bond acceptors (Lipinski definition) is 2. The topological polar surface area (TPSA) is 26.3 Å². The fourth-order valence-corrected chi connectivity index (χ4v) is 2.95. The Morgan fingerprint density at radius 3 is 2.81 bits per heavy atom. The SMILES string of the molecule is CC1(C)CCCCC1C(=O)C1=COCCC1. The number of allylic oxidation sites excluding steroid dienone is 1. The molecule has 2 rings (SSSR count). The van der Waals surface area contributed by atoms with E-state index in [0.717, 1.165) is 31.4 Å². The largest absolute Gasteiger partial charge is 0.501 e. The van der Waals surface area contributed by atoms with Crippen LogP contribution >= 0.6 is 0 Å². The fraction of sp³-hybridized carbons (Fsp3) is 0.786. The Morgan fingerprint density at radius 2 is 2.19 bits per heavy atom. The minimum atomic E-state index is 0.174. The Labute approximate surface area is 98.1 Å². The summed E-state index contributed by atoms with van der Waals surface area (Å²) in [5.41, 5.74) is 1.10. The molecule has 1 aliphatic heterocycles. The van der Waals surface area contributed by atoms with Gasteiger partial charge in [0.15, 0.2) is 5.78 Å². The summed E-state index contributed by atoms with van der Waals surface area (Å²) in [5, 5.41) is 0. The van der Waals surface area contributed by atoms with Crippen molar-refractivity contribution >= 4 is 5.78 Å². The first kappa shape index (κ1) is 11.7. The van der Waals surface area contributed by atoms with Gasteiger partial charge in [-0.2, -0.15) is 0 Å². The van der Waals surface area contributed by atoms with E-state index < -0.39 is 0 Å². The lowest BCUT2D eigenvalue weighted by Gasteiger charge is -2.38. The molecule has 1 aliphatic carbocycles. The first-order valence-electron chi connectivity index (χ1n) is 6.46. The molecule has 0 aromatic rings. The van der Waals surface area contributed by atoms with Crippen molar-refractivity contribution in [3.05, 3.63) is 11.8 Å². The molecule has 0 bridgehead atoms. The van der Waals surface area contributed by atoms with Crippen LogP contribution in [-0.2, 0) is 9.53 Å². The van der Waals surface area contributed by atoms with E-state index in [1.807, 2.05) is 0 Å². The molecule has 0 N–H and O–H groups in total. The lowest BCUT2D eigenvalue weighted by atomic mass is 9.66. The molecule has 1 atom stereocenters. The first-order valence-corrected chi connectivity index (χ1v) is 6.46. The van der Waals surface area contributed by atoms with Gasteiger partial charge in [-0.3, -0.25) is 4.79 Å². The van der Waals surface area contributed by atoms with E-state index in [9.17, 15) is 4.79 Å². The fourth-order valence-electron chi connectivity index (χ4n) is 2.95. The summed E-state index contributed by atoms with van der Waals surface area (Å²) in [6.45, 7) is 5.24. The Kier molecular flexibility index (Phi) is 3.36. The minimum absolute atomic E-state index is 0.174. The highest BCUT2D eigenvalue weighted by atomic mass is 16.5. The van der Waals surface area contributed by atoms with E-state index in [-0.39, 0.29) is 11.3 Å². The third-order valence-electron chi connectivity index (χ3n) is 4.07.